The van der Waals surface area contributed by atoms with Gasteiger partial charge in [0, 0.05) is 24.7 Å². The van der Waals surface area contributed by atoms with Crippen LogP contribution in [0.3, 0.4) is 0 Å². The highest BCUT2D eigenvalue weighted by molar-refractivity contribution is 7.92. The fourth-order valence-corrected chi connectivity index (χ4v) is 6.08. The number of halogens is 8. The van der Waals surface area contributed by atoms with Gasteiger partial charge in [0.2, 0.25) is 15.8 Å². The van der Waals surface area contributed by atoms with Crippen LogP contribution in [0.5, 0.6) is 5.75 Å². The Morgan fingerprint density at radius 2 is 1.70 bits per heavy atom. The zero-order valence-electron chi connectivity index (χ0n) is 20.7. The molecule has 2 aliphatic rings. The van der Waals surface area contributed by atoms with E-state index >= 15 is 8.78 Å². The molecule has 1 atom stereocenters. The summed E-state index contributed by atoms with van der Waals surface area (Å²) in [4.78, 5) is 11.0. The van der Waals surface area contributed by atoms with Crippen LogP contribution in [0.25, 0.3) is 0 Å². The van der Waals surface area contributed by atoms with Crippen molar-refractivity contribution < 1.29 is 58.2 Å². The van der Waals surface area contributed by atoms with E-state index in [0.717, 1.165) is 29.2 Å². The van der Waals surface area contributed by atoms with E-state index in [4.69, 9.17) is 4.74 Å². The van der Waals surface area contributed by atoms with Crippen molar-refractivity contribution in [2.24, 2.45) is 11.3 Å². The van der Waals surface area contributed by atoms with E-state index in [-0.39, 0.29) is 30.7 Å². The van der Waals surface area contributed by atoms with Crippen molar-refractivity contribution in [3.8, 4) is 5.75 Å². The number of fused-ring (bicyclic) bond motifs is 1. The minimum Gasteiger partial charge on any atom is -0.492 e. The maximum atomic E-state index is 15.6. The van der Waals surface area contributed by atoms with Crippen LogP contribution in [0.4, 0.5) is 46.5 Å². The number of carboxylic acids is 1. The molecule has 40 heavy (non-hydrogen) atoms. The number of hydrogen-bond donors (Lipinski definition) is 1. The normalized spacial score (nSPS) is 21.3. The van der Waals surface area contributed by atoms with Gasteiger partial charge >= 0.3 is 17.4 Å². The SMILES string of the molecule is CC(F)(F)CC[C@H]1CN(c2ccc(F)cc2)c2cc(C(F)(F)F)c(OCC3(C(=O)O)CC3)cc2S(=O)(=O)C1(F)F. The van der Waals surface area contributed by atoms with Crippen LogP contribution in [0.1, 0.15) is 38.2 Å². The third-order valence-electron chi connectivity index (χ3n) is 7.06. The second-order valence-corrected chi connectivity index (χ2v) is 12.1. The first-order valence-electron chi connectivity index (χ1n) is 11.9. The van der Waals surface area contributed by atoms with Crippen molar-refractivity contribution in [1.82, 2.24) is 0 Å². The molecule has 0 unspecified atom stereocenters. The molecule has 1 aliphatic carbocycles. The van der Waals surface area contributed by atoms with E-state index in [2.05, 4.69) is 0 Å². The molecule has 2 aromatic carbocycles. The third kappa shape index (κ3) is 5.56. The van der Waals surface area contributed by atoms with Crippen molar-refractivity contribution in [1.29, 1.82) is 0 Å². The Hall–Kier alpha value is -3.10. The summed E-state index contributed by atoms with van der Waals surface area (Å²) >= 11 is 0. The number of ether oxygens (including phenoxy) is 1. The molecule has 0 aromatic heterocycles. The summed E-state index contributed by atoms with van der Waals surface area (Å²) in [5.74, 6) is -9.08. The summed E-state index contributed by atoms with van der Waals surface area (Å²) in [6.07, 6.45) is -7.21. The minimum absolute atomic E-state index is 0.0765. The summed E-state index contributed by atoms with van der Waals surface area (Å²) in [6, 6.07) is 4.30. The second kappa shape index (κ2) is 9.77. The number of hydrogen-bond acceptors (Lipinski definition) is 5. The Balaban J connectivity index is 1.93. The molecule has 0 saturated heterocycles. The Morgan fingerprint density at radius 3 is 2.20 bits per heavy atom. The maximum Gasteiger partial charge on any atom is 0.420 e. The lowest BCUT2D eigenvalue weighted by Crippen LogP contribution is -2.40. The number of aliphatic carboxylic acids is 1. The number of benzene rings is 2. The molecule has 1 fully saturated rings. The highest BCUT2D eigenvalue weighted by atomic mass is 32.2. The van der Waals surface area contributed by atoms with Gasteiger partial charge in [-0.05, 0) is 56.5 Å². The first-order valence-corrected chi connectivity index (χ1v) is 13.4. The van der Waals surface area contributed by atoms with Crippen molar-refractivity contribution >= 4 is 27.2 Å². The molecule has 1 aliphatic heterocycles. The summed E-state index contributed by atoms with van der Waals surface area (Å²) < 4.78 is 146. The zero-order valence-corrected chi connectivity index (χ0v) is 21.6. The first kappa shape index (κ1) is 29.9. The van der Waals surface area contributed by atoms with Gasteiger partial charge in [-0.25, -0.2) is 21.6 Å². The molecule has 0 amide bonds. The molecule has 0 bridgehead atoms. The Kier molecular flexibility index (Phi) is 7.30. The highest BCUT2D eigenvalue weighted by Gasteiger charge is 2.57. The molecule has 1 heterocycles. The van der Waals surface area contributed by atoms with Crippen LogP contribution < -0.4 is 9.64 Å². The summed E-state index contributed by atoms with van der Waals surface area (Å²) in [7, 11) is -5.82. The first-order chi connectivity index (χ1) is 18.3. The van der Waals surface area contributed by atoms with Crippen LogP contribution in [-0.2, 0) is 20.8 Å². The number of carboxylic acid groups (broad SMARTS) is 1. The molecule has 1 N–H and O–H groups in total. The van der Waals surface area contributed by atoms with Crippen LogP contribution in [0.15, 0.2) is 41.3 Å². The van der Waals surface area contributed by atoms with Crippen molar-refractivity contribution in [2.45, 2.75) is 54.9 Å². The number of alkyl halides is 7. The number of nitrogens with zero attached hydrogens (tertiary/aromatic N) is 1. The zero-order chi connectivity index (χ0) is 29.9. The lowest BCUT2D eigenvalue weighted by Gasteiger charge is -2.30. The van der Waals surface area contributed by atoms with Crippen LogP contribution in [-0.4, -0.2) is 43.8 Å². The van der Waals surface area contributed by atoms with E-state index in [1.54, 1.807) is 0 Å². The molecule has 15 heteroatoms. The molecule has 6 nitrogen and oxygen atoms in total. The fourth-order valence-electron chi connectivity index (χ4n) is 4.45. The number of sulfone groups is 1. The quantitative estimate of drug-likeness (QED) is 0.341. The van der Waals surface area contributed by atoms with Gasteiger partial charge < -0.3 is 14.7 Å². The van der Waals surface area contributed by atoms with Crippen LogP contribution in [0.2, 0.25) is 0 Å². The second-order valence-electron chi connectivity index (χ2n) is 10.1. The smallest absolute Gasteiger partial charge is 0.420 e. The van der Waals surface area contributed by atoms with Gasteiger partial charge in [-0.2, -0.15) is 22.0 Å². The van der Waals surface area contributed by atoms with E-state index in [1.807, 2.05) is 0 Å². The van der Waals surface area contributed by atoms with Gasteiger partial charge in [0.15, 0.2) is 0 Å². The number of anilines is 2. The third-order valence-corrected chi connectivity index (χ3v) is 9.02. The Labute approximate surface area is 223 Å². The number of rotatable bonds is 8. The van der Waals surface area contributed by atoms with E-state index < -0.39 is 98.2 Å². The predicted octanol–water partition coefficient (Wildman–Crippen LogP) is 6.66. The molecule has 0 radical (unpaired) electrons. The number of carbonyl (C=O) groups is 1. The fraction of sp³-hybridized carbons (Fsp3) is 0.480. The maximum absolute atomic E-state index is 15.6. The minimum atomic E-state index is -5.82. The van der Waals surface area contributed by atoms with Crippen LogP contribution in [0, 0.1) is 17.2 Å². The molecule has 220 valence electrons. The van der Waals surface area contributed by atoms with Gasteiger partial charge in [-0.15, -0.1) is 0 Å². The lowest BCUT2D eigenvalue weighted by atomic mass is 9.99. The summed E-state index contributed by atoms with van der Waals surface area (Å²) in [5, 5.41) is 4.61. The molecular weight excluding hydrogens is 578 g/mol. The van der Waals surface area contributed by atoms with Crippen molar-refractivity contribution in [3.63, 3.8) is 0 Å². The predicted molar refractivity (Wildman–Crippen MR) is 125 cm³/mol. The largest absolute Gasteiger partial charge is 0.492 e. The summed E-state index contributed by atoms with van der Waals surface area (Å²) in [5.41, 5.74) is -4.10. The lowest BCUT2D eigenvalue weighted by molar-refractivity contribution is -0.144. The van der Waals surface area contributed by atoms with E-state index in [0.29, 0.717) is 6.92 Å². The van der Waals surface area contributed by atoms with Gasteiger partial charge in [0.25, 0.3) is 0 Å². The Bertz CT molecular complexity index is 1400. The van der Waals surface area contributed by atoms with Gasteiger partial charge in [0.05, 0.1) is 17.2 Å². The highest BCUT2D eigenvalue weighted by Crippen LogP contribution is 2.52. The average molecular weight is 602 g/mol. The van der Waals surface area contributed by atoms with Crippen molar-refractivity contribution in [2.75, 3.05) is 18.1 Å². The molecule has 4 rings (SSSR count). The van der Waals surface area contributed by atoms with Crippen LogP contribution >= 0.6 is 0 Å². The van der Waals surface area contributed by atoms with Gasteiger partial charge in [-0.1, -0.05) is 0 Å². The standard InChI is InChI=1S/C25H23F8NO5S/c1-22(27,28)7-6-14-12-34(16-4-2-15(26)3-5-16)18-10-17(24(29,30)31)19(39-13-23(8-9-23)21(35)36)11-20(18)40(37,38)25(14,32)33/h2-5,10-11,14H,6-9,12-13H2,1H3,(H,35,36)/t14-/m0/s1. The van der Waals surface area contributed by atoms with E-state index in [9.17, 15) is 44.7 Å². The molecule has 0 spiro atoms. The van der Waals surface area contributed by atoms with Gasteiger partial charge in [-0.3, -0.25) is 4.79 Å². The topological polar surface area (TPSA) is 83.9 Å². The van der Waals surface area contributed by atoms with E-state index in [1.165, 1.54) is 0 Å². The molecular formula is C25H23F8NO5S. The molecule has 2 aromatic rings. The Morgan fingerprint density at radius 1 is 1.10 bits per heavy atom. The van der Waals surface area contributed by atoms with Crippen molar-refractivity contribution in [3.05, 3.63) is 47.8 Å². The van der Waals surface area contributed by atoms with Gasteiger partial charge in [0.1, 0.15) is 28.5 Å². The average Bonchev–Trinajstić information content (AvgIpc) is 3.63. The molecule has 1 saturated carbocycles. The monoisotopic (exact) mass is 601 g/mol. The summed E-state index contributed by atoms with van der Waals surface area (Å²) in [6.45, 7) is -1.33.